The summed E-state index contributed by atoms with van der Waals surface area (Å²) in [5, 5.41) is 0. The summed E-state index contributed by atoms with van der Waals surface area (Å²) in [7, 11) is -5.39. The molecule has 3 nitrogen and oxygen atoms in total. The summed E-state index contributed by atoms with van der Waals surface area (Å²) in [6.07, 6.45) is 0.566. The molecule has 0 saturated carbocycles. The molecule has 0 spiro atoms. The van der Waals surface area contributed by atoms with Gasteiger partial charge in [0.15, 0.2) is 0 Å². The fourth-order valence-corrected chi connectivity index (χ4v) is 6.35. The summed E-state index contributed by atoms with van der Waals surface area (Å²) >= 11 is -0.154. The molecule has 2 aromatic carbocycles. The van der Waals surface area contributed by atoms with Gasteiger partial charge in [0.2, 0.25) is 0 Å². The second-order valence-corrected chi connectivity index (χ2v) is 9.88. The quantitative estimate of drug-likeness (QED) is 0.773. The summed E-state index contributed by atoms with van der Waals surface area (Å²) in [4.78, 5) is -0.200. The molecular formula is C16H14F3NO2SSe. The van der Waals surface area contributed by atoms with E-state index in [1.54, 1.807) is 12.1 Å². The third-order valence-electron chi connectivity index (χ3n) is 3.80. The molecule has 0 aliphatic heterocycles. The van der Waals surface area contributed by atoms with Crippen LogP contribution in [0.5, 0.6) is 0 Å². The van der Waals surface area contributed by atoms with Gasteiger partial charge in [-0.15, -0.1) is 0 Å². The van der Waals surface area contributed by atoms with E-state index in [0.717, 1.165) is 10.0 Å². The van der Waals surface area contributed by atoms with Crippen LogP contribution in [0.1, 0.15) is 17.2 Å². The summed E-state index contributed by atoms with van der Waals surface area (Å²) in [6.45, 7) is 0. The Balaban J connectivity index is 1.92. The number of alkyl halides is 3. The van der Waals surface area contributed by atoms with Crippen molar-refractivity contribution in [3.05, 3.63) is 65.7 Å². The molecule has 2 aromatic rings. The van der Waals surface area contributed by atoms with Crippen molar-refractivity contribution in [2.75, 3.05) is 0 Å². The first-order valence-corrected chi connectivity index (χ1v) is 10.5. The Hall–Kier alpha value is -1.34. The second kappa shape index (κ2) is 6.52. The van der Waals surface area contributed by atoms with Gasteiger partial charge in [-0.25, -0.2) is 0 Å². The maximum absolute atomic E-state index is 12.8. The first kappa shape index (κ1) is 17.5. The van der Waals surface area contributed by atoms with Gasteiger partial charge in [0.05, 0.1) is 0 Å². The van der Waals surface area contributed by atoms with Gasteiger partial charge in [-0.05, 0) is 0 Å². The minimum absolute atomic E-state index is 0.154. The fourth-order valence-electron chi connectivity index (χ4n) is 2.72. The van der Waals surface area contributed by atoms with Crippen molar-refractivity contribution >= 4 is 29.4 Å². The Morgan fingerprint density at radius 3 is 2.29 bits per heavy atom. The number of hydrogen-bond acceptors (Lipinski definition) is 2. The molecular weight excluding hydrogens is 406 g/mol. The van der Waals surface area contributed by atoms with E-state index in [-0.39, 0.29) is 19.8 Å². The van der Waals surface area contributed by atoms with Crippen molar-refractivity contribution in [3.8, 4) is 0 Å². The zero-order chi connectivity index (χ0) is 17.4. The number of rotatable bonds is 4. The van der Waals surface area contributed by atoms with Gasteiger partial charge in [0.25, 0.3) is 0 Å². The molecule has 24 heavy (non-hydrogen) atoms. The number of nitrogens with one attached hydrogen (secondary N) is 1. The van der Waals surface area contributed by atoms with Crippen LogP contribution in [0.15, 0.2) is 54.6 Å². The van der Waals surface area contributed by atoms with Crippen molar-refractivity contribution in [3.63, 3.8) is 0 Å². The Bertz CT molecular complexity index is 825. The molecule has 3 rings (SSSR count). The van der Waals surface area contributed by atoms with E-state index in [1.807, 2.05) is 47.2 Å². The van der Waals surface area contributed by atoms with Crippen molar-refractivity contribution in [1.82, 2.24) is 4.72 Å². The Morgan fingerprint density at radius 1 is 1.00 bits per heavy atom. The number of halogens is 3. The fraction of sp³-hybridized carbons (Fsp3) is 0.250. The first-order valence-electron chi connectivity index (χ1n) is 7.16. The molecule has 0 bridgehead atoms. The molecule has 0 radical (unpaired) electrons. The van der Waals surface area contributed by atoms with Crippen LogP contribution in [0.3, 0.4) is 0 Å². The molecule has 1 N–H and O–H groups in total. The molecule has 0 amide bonds. The van der Waals surface area contributed by atoms with Crippen LogP contribution in [-0.2, 0) is 16.4 Å². The average Bonchev–Trinajstić information content (AvgIpc) is 2.84. The molecule has 0 heterocycles. The average molecular weight is 420 g/mol. The van der Waals surface area contributed by atoms with E-state index >= 15 is 0 Å². The molecule has 0 saturated heterocycles. The third kappa shape index (κ3) is 3.52. The number of hydrogen-bond donors (Lipinski definition) is 1. The summed E-state index contributed by atoms with van der Waals surface area (Å²) < 4.78 is 64.4. The zero-order valence-electron chi connectivity index (χ0n) is 12.3. The molecule has 8 heteroatoms. The molecule has 0 aromatic heterocycles. The summed E-state index contributed by atoms with van der Waals surface area (Å²) in [6, 6.07) is 15.6. The molecule has 128 valence electrons. The van der Waals surface area contributed by atoms with Crippen molar-refractivity contribution in [1.29, 1.82) is 0 Å². The van der Waals surface area contributed by atoms with Crippen LogP contribution in [-0.4, -0.2) is 28.9 Å². The predicted molar refractivity (Wildman–Crippen MR) is 86.6 cm³/mol. The van der Waals surface area contributed by atoms with Crippen molar-refractivity contribution in [2.24, 2.45) is 0 Å². The normalized spacial score (nSPS) is 20.8. The van der Waals surface area contributed by atoms with E-state index in [9.17, 15) is 21.6 Å². The van der Waals surface area contributed by atoms with Crippen LogP contribution >= 0.6 is 0 Å². The first-order chi connectivity index (χ1) is 11.3. The Labute approximate surface area is 144 Å². The maximum atomic E-state index is 12.8. The molecule has 1 aliphatic carbocycles. The standard InChI is InChI=1S/C16H14F3NO2SSe/c17-16(18,19)23(21,22)20-15-13-9-5-4-6-11(13)10-14(15)24-12-7-2-1-3-8-12/h1-9,14-15,20H,10H2. The van der Waals surface area contributed by atoms with E-state index in [0.29, 0.717) is 12.0 Å². The molecule has 0 fully saturated rings. The van der Waals surface area contributed by atoms with Crippen LogP contribution in [0.25, 0.3) is 0 Å². The molecule has 2 unspecified atom stereocenters. The van der Waals surface area contributed by atoms with Crippen LogP contribution < -0.4 is 9.18 Å². The molecule has 1 aliphatic rings. The van der Waals surface area contributed by atoms with Crippen LogP contribution in [0, 0.1) is 0 Å². The van der Waals surface area contributed by atoms with Gasteiger partial charge < -0.3 is 0 Å². The SMILES string of the molecule is O=S(=O)(NC1c2ccccc2CC1[Se]c1ccccc1)C(F)(F)F. The van der Waals surface area contributed by atoms with Gasteiger partial charge in [-0.2, -0.15) is 0 Å². The van der Waals surface area contributed by atoms with Gasteiger partial charge in [0, 0.05) is 0 Å². The van der Waals surface area contributed by atoms with E-state index < -0.39 is 21.6 Å². The predicted octanol–water partition coefficient (Wildman–Crippen LogP) is 2.54. The van der Waals surface area contributed by atoms with Crippen LogP contribution in [0.2, 0.25) is 4.82 Å². The topological polar surface area (TPSA) is 46.2 Å². The number of benzene rings is 2. The van der Waals surface area contributed by atoms with E-state index in [2.05, 4.69) is 0 Å². The Morgan fingerprint density at radius 2 is 1.62 bits per heavy atom. The minimum atomic E-state index is -5.39. The van der Waals surface area contributed by atoms with Gasteiger partial charge in [-0.1, -0.05) is 0 Å². The third-order valence-corrected chi connectivity index (χ3v) is 7.67. The summed E-state index contributed by atoms with van der Waals surface area (Å²) in [5.74, 6) is 0. The van der Waals surface area contributed by atoms with Gasteiger partial charge >= 0.3 is 144 Å². The second-order valence-electron chi connectivity index (χ2n) is 5.42. The van der Waals surface area contributed by atoms with E-state index in [4.69, 9.17) is 0 Å². The monoisotopic (exact) mass is 421 g/mol. The van der Waals surface area contributed by atoms with Crippen LogP contribution in [0.4, 0.5) is 13.2 Å². The van der Waals surface area contributed by atoms with Crippen molar-refractivity contribution < 1.29 is 21.6 Å². The molecule has 2 atom stereocenters. The zero-order valence-corrected chi connectivity index (χ0v) is 14.9. The number of fused-ring (bicyclic) bond motifs is 1. The Kier molecular flexibility index (Phi) is 4.75. The summed E-state index contributed by atoms with van der Waals surface area (Å²) in [5.41, 5.74) is -3.78. The van der Waals surface area contributed by atoms with Crippen molar-refractivity contribution in [2.45, 2.75) is 22.8 Å². The number of sulfonamides is 1. The van der Waals surface area contributed by atoms with Gasteiger partial charge in [0.1, 0.15) is 0 Å². The van der Waals surface area contributed by atoms with Gasteiger partial charge in [-0.3, -0.25) is 0 Å². The van der Waals surface area contributed by atoms with E-state index in [1.165, 1.54) is 0 Å².